The topological polar surface area (TPSA) is 147 Å². The van der Waals surface area contributed by atoms with Crippen LogP contribution in [0.1, 0.15) is 11.6 Å². The summed E-state index contributed by atoms with van der Waals surface area (Å²) in [5.41, 5.74) is -0.612. The van der Waals surface area contributed by atoms with Crippen LogP contribution in [-0.4, -0.2) is 32.9 Å². The molecule has 2 aromatic carbocycles. The predicted octanol–water partition coefficient (Wildman–Crippen LogP) is 4.02. The van der Waals surface area contributed by atoms with Crippen LogP contribution in [0.25, 0.3) is 28.2 Å². The quantitative estimate of drug-likeness (QED) is 0.237. The fourth-order valence-electron chi connectivity index (χ4n) is 3.47. The van der Waals surface area contributed by atoms with Gasteiger partial charge < -0.3 is 10.1 Å². The van der Waals surface area contributed by atoms with Gasteiger partial charge >= 0.3 is 12.0 Å². The third kappa shape index (κ3) is 4.65. The van der Waals surface area contributed by atoms with Crippen molar-refractivity contribution in [3.8, 4) is 28.2 Å². The van der Waals surface area contributed by atoms with Crippen molar-refractivity contribution in [2.45, 2.75) is 18.0 Å². The van der Waals surface area contributed by atoms with E-state index in [2.05, 4.69) is 15.0 Å². The Bertz CT molecular complexity index is 1600. The molecule has 4 aromatic rings. The van der Waals surface area contributed by atoms with Gasteiger partial charge in [0.15, 0.2) is 5.82 Å². The van der Waals surface area contributed by atoms with Crippen LogP contribution in [0.5, 0.6) is 0 Å². The molecule has 2 N–H and O–H groups in total. The van der Waals surface area contributed by atoms with E-state index >= 15 is 0 Å². The highest BCUT2D eigenvalue weighted by Crippen LogP contribution is 2.40. The monoisotopic (exact) mass is 522 g/mol. The number of hydrogen-bond acceptors (Lipinski definition) is 7. The van der Waals surface area contributed by atoms with Gasteiger partial charge in [0.2, 0.25) is 21.7 Å². The van der Waals surface area contributed by atoms with Gasteiger partial charge in [-0.1, -0.05) is 12.1 Å². The van der Waals surface area contributed by atoms with Crippen LogP contribution in [0.3, 0.4) is 0 Å². The average molecular weight is 522 g/mol. The number of alkyl halides is 3. The fraction of sp³-hybridized carbons (Fsp3) is 0.0952. The minimum Gasteiger partial charge on any atom is -0.358 e. The van der Waals surface area contributed by atoms with E-state index in [1.807, 2.05) is 0 Å². The summed E-state index contributed by atoms with van der Waals surface area (Å²) in [4.78, 5) is 21.5. The Kier molecular flexibility index (Phi) is 6.05. The van der Waals surface area contributed by atoms with Crippen LogP contribution in [0, 0.1) is 22.9 Å². The van der Waals surface area contributed by atoms with Gasteiger partial charge in [0.05, 0.1) is 16.2 Å². The summed E-state index contributed by atoms with van der Waals surface area (Å²) >= 11 is 0. The summed E-state index contributed by atoms with van der Waals surface area (Å²) in [6, 6.07) is 9.13. The highest BCUT2D eigenvalue weighted by Gasteiger charge is 2.39. The number of primary sulfonamides is 1. The summed E-state index contributed by atoms with van der Waals surface area (Å²) < 4.78 is 79.8. The third-order valence-corrected chi connectivity index (χ3v) is 5.94. The van der Waals surface area contributed by atoms with Crippen molar-refractivity contribution < 1.29 is 30.9 Å². The van der Waals surface area contributed by atoms with Gasteiger partial charge in [0.1, 0.15) is 12.0 Å². The zero-order valence-corrected chi connectivity index (χ0v) is 18.9. The lowest BCUT2D eigenvalue weighted by Crippen LogP contribution is -2.17. The lowest BCUT2D eigenvalue weighted by atomic mass is 9.99. The lowest BCUT2D eigenvalue weighted by molar-refractivity contribution is -0.391. The molecule has 15 heteroatoms. The Morgan fingerprint density at radius 1 is 1.06 bits per heavy atom. The third-order valence-electron chi connectivity index (χ3n) is 5.03. The minimum atomic E-state index is -5.08. The molecule has 36 heavy (non-hydrogen) atoms. The smallest absolute Gasteiger partial charge is 0.358 e. The van der Waals surface area contributed by atoms with Gasteiger partial charge in [0, 0.05) is 12.5 Å². The Morgan fingerprint density at radius 2 is 1.72 bits per heavy atom. The van der Waals surface area contributed by atoms with E-state index in [-0.39, 0.29) is 33.1 Å². The normalized spacial score (nSPS) is 12.1. The Labute approximate surface area is 200 Å². The SMILES string of the molecule is Cc1ncc([N+](=O)[O-])n1-c1nc(C(F)(F)F)nc(-c2ccc(F)cc2)c1-c1cccc(S(N)(=O)=O)c1. The molecule has 0 fully saturated rings. The van der Waals surface area contributed by atoms with E-state index in [0.717, 1.165) is 47.2 Å². The molecule has 0 saturated carbocycles. The number of imidazole rings is 1. The van der Waals surface area contributed by atoms with Gasteiger partial charge in [-0.15, -0.1) is 0 Å². The maximum absolute atomic E-state index is 13.8. The Morgan fingerprint density at radius 3 is 2.31 bits per heavy atom. The summed E-state index contributed by atoms with van der Waals surface area (Å²) in [5.74, 6) is -3.69. The average Bonchev–Trinajstić information content (AvgIpc) is 3.19. The summed E-state index contributed by atoms with van der Waals surface area (Å²) in [5, 5.41) is 16.9. The standard InChI is InChI=1S/C21H14F4N6O4S/c1-11-27-10-16(31(32)33)30(11)19-17(13-3-2-4-15(9-13)36(26,34)35)18(12-5-7-14(22)8-6-12)28-20(29-19)21(23,24)25/h2-10H,1H3,(H2,26,34,35). The second-order valence-corrected chi connectivity index (χ2v) is 8.99. The van der Waals surface area contributed by atoms with E-state index in [1.54, 1.807) is 0 Å². The Hall–Kier alpha value is -4.24. The molecule has 0 unspecified atom stereocenters. The first-order chi connectivity index (χ1) is 16.8. The van der Waals surface area contributed by atoms with Crippen LogP contribution >= 0.6 is 0 Å². The first kappa shape index (κ1) is 24.9. The van der Waals surface area contributed by atoms with Gasteiger partial charge in [-0.2, -0.15) is 22.7 Å². The Balaban J connectivity index is 2.21. The summed E-state index contributed by atoms with van der Waals surface area (Å²) in [6.45, 7) is 1.31. The molecule has 186 valence electrons. The molecule has 2 heterocycles. The molecule has 0 spiro atoms. The fourth-order valence-corrected chi connectivity index (χ4v) is 4.03. The van der Waals surface area contributed by atoms with Gasteiger partial charge in [-0.3, -0.25) is 0 Å². The molecule has 0 bridgehead atoms. The number of rotatable bonds is 5. The largest absolute Gasteiger partial charge is 0.451 e. The first-order valence-electron chi connectivity index (χ1n) is 9.85. The van der Waals surface area contributed by atoms with Crippen molar-refractivity contribution in [2.24, 2.45) is 5.14 Å². The second-order valence-electron chi connectivity index (χ2n) is 7.43. The molecule has 2 aromatic heterocycles. The lowest BCUT2D eigenvalue weighted by Gasteiger charge is -2.16. The second kappa shape index (κ2) is 8.76. The van der Waals surface area contributed by atoms with Crippen molar-refractivity contribution in [2.75, 3.05) is 0 Å². The summed E-state index contributed by atoms with van der Waals surface area (Å²) in [7, 11) is -4.24. The van der Waals surface area contributed by atoms with Gasteiger partial charge in [-0.25, -0.2) is 27.9 Å². The predicted molar refractivity (Wildman–Crippen MR) is 118 cm³/mol. The van der Waals surface area contributed by atoms with E-state index in [4.69, 9.17) is 5.14 Å². The zero-order valence-electron chi connectivity index (χ0n) is 18.1. The number of nitrogens with zero attached hydrogens (tertiary/aromatic N) is 5. The van der Waals surface area contributed by atoms with Gasteiger partial charge in [0.25, 0.3) is 0 Å². The number of hydrogen-bond donors (Lipinski definition) is 1. The highest BCUT2D eigenvalue weighted by molar-refractivity contribution is 7.89. The van der Waals surface area contributed by atoms with Crippen molar-refractivity contribution in [3.05, 3.63) is 82.3 Å². The van der Waals surface area contributed by atoms with Crippen molar-refractivity contribution in [1.29, 1.82) is 0 Å². The first-order valence-corrected chi connectivity index (χ1v) is 11.4. The number of aryl methyl sites for hydroxylation is 1. The summed E-state index contributed by atoms with van der Waals surface area (Å²) in [6.07, 6.45) is -4.24. The van der Waals surface area contributed by atoms with Crippen LogP contribution in [0.15, 0.2) is 59.6 Å². The molecule has 0 amide bonds. The van der Waals surface area contributed by atoms with Crippen LogP contribution in [0.2, 0.25) is 0 Å². The van der Waals surface area contributed by atoms with Crippen molar-refractivity contribution in [3.63, 3.8) is 0 Å². The molecule has 0 aliphatic rings. The minimum absolute atomic E-state index is 0.00183. The molecule has 0 aliphatic carbocycles. The van der Waals surface area contributed by atoms with Crippen molar-refractivity contribution in [1.82, 2.24) is 19.5 Å². The molecule has 0 aliphatic heterocycles. The number of nitrogens with two attached hydrogens (primary N) is 1. The molecular weight excluding hydrogens is 508 g/mol. The molecule has 0 saturated heterocycles. The molecular formula is C21H14F4N6O4S. The van der Waals surface area contributed by atoms with Crippen LogP contribution in [-0.2, 0) is 16.2 Å². The van der Waals surface area contributed by atoms with E-state index in [1.165, 1.54) is 19.1 Å². The van der Waals surface area contributed by atoms with Gasteiger partial charge in [-0.05, 0) is 46.9 Å². The highest BCUT2D eigenvalue weighted by atomic mass is 32.2. The number of halogens is 4. The van der Waals surface area contributed by atoms with E-state index < -0.39 is 44.4 Å². The van der Waals surface area contributed by atoms with E-state index in [0.29, 0.717) is 0 Å². The number of sulfonamides is 1. The molecule has 4 rings (SSSR count). The maximum Gasteiger partial charge on any atom is 0.451 e. The number of nitro groups is 1. The van der Waals surface area contributed by atoms with Crippen LogP contribution < -0.4 is 5.14 Å². The molecule has 0 radical (unpaired) electrons. The zero-order chi connectivity index (χ0) is 26.4. The molecule has 10 nitrogen and oxygen atoms in total. The van der Waals surface area contributed by atoms with Crippen molar-refractivity contribution >= 4 is 15.8 Å². The maximum atomic E-state index is 13.8. The van der Waals surface area contributed by atoms with Crippen LogP contribution in [0.4, 0.5) is 23.4 Å². The van der Waals surface area contributed by atoms with E-state index in [9.17, 15) is 36.1 Å². The molecule has 0 atom stereocenters. The number of aromatic nitrogens is 4. The number of benzene rings is 2.